The molecule has 0 radical (unpaired) electrons. The number of rotatable bonds is 7. The molecule has 3 aromatic carbocycles. The van der Waals surface area contributed by atoms with Gasteiger partial charge in [0.15, 0.2) is 0 Å². The quantitative estimate of drug-likeness (QED) is 0.617. The van der Waals surface area contributed by atoms with Crippen molar-refractivity contribution in [2.75, 3.05) is 23.7 Å². The van der Waals surface area contributed by atoms with Gasteiger partial charge in [-0.2, -0.15) is 11.8 Å². The number of benzene rings is 3. The summed E-state index contributed by atoms with van der Waals surface area (Å²) in [5, 5.41) is 4.90. The highest BCUT2D eigenvalue weighted by atomic mass is 32.2. The molecular weight excluding hydrogens is 368 g/mol. The monoisotopic (exact) mass is 390 g/mol. The number of hydrogen-bond acceptors (Lipinski definition) is 3. The van der Waals surface area contributed by atoms with Crippen LogP contribution in [0.2, 0.25) is 0 Å². The SMILES string of the molecule is Cc1ccccc1CSCCNC(=O)CN1C(=O)c2cccc3cccc1c23. The van der Waals surface area contributed by atoms with Crippen molar-refractivity contribution in [1.29, 1.82) is 0 Å². The van der Waals surface area contributed by atoms with Gasteiger partial charge in [0.05, 0.1) is 5.69 Å². The Morgan fingerprint density at radius 3 is 2.64 bits per heavy atom. The number of nitrogens with zero attached hydrogens (tertiary/aromatic N) is 1. The molecule has 3 aromatic rings. The van der Waals surface area contributed by atoms with Crippen LogP contribution in [-0.4, -0.2) is 30.7 Å². The van der Waals surface area contributed by atoms with Crippen LogP contribution >= 0.6 is 11.8 Å². The summed E-state index contributed by atoms with van der Waals surface area (Å²) in [4.78, 5) is 26.7. The molecule has 142 valence electrons. The minimum absolute atomic E-state index is 0.0507. The lowest BCUT2D eigenvalue weighted by Crippen LogP contribution is -2.39. The van der Waals surface area contributed by atoms with Crippen LogP contribution in [0.15, 0.2) is 60.7 Å². The van der Waals surface area contributed by atoms with Crippen molar-refractivity contribution in [3.63, 3.8) is 0 Å². The van der Waals surface area contributed by atoms with Crippen molar-refractivity contribution >= 4 is 40.0 Å². The Bertz CT molecular complexity index is 1040. The Kier molecular flexibility index (Phi) is 5.35. The third-order valence-corrected chi connectivity index (χ3v) is 6.05. The van der Waals surface area contributed by atoms with E-state index in [-0.39, 0.29) is 18.4 Å². The summed E-state index contributed by atoms with van der Waals surface area (Å²) in [5.41, 5.74) is 4.12. The van der Waals surface area contributed by atoms with Gasteiger partial charge < -0.3 is 5.32 Å². The van der Waals surface area contributed by atoms with E-state index < -0.39 is 0 Å². The van der Waals surface area contributed by atoms with Gasteiger partial charge in [0.1, 0.15) is 6.54 Å². The van der Waals surface area contributed by atoms with Crippen molar-refractivity contribution in [3.05, 3.63) is 77.4 Å². The van der Waals surface area contributed by atoms with Crippen molar-refractivity contribution in [3.8, 4) is 0 Å². The molecule has 1 heterocycles. The molecule has 28 heavy (non-hydrogen) atoms. The molecular formula is C23H22N2O2S. The number of carbonyl (C=O) groups excluding carboxylic acids is 2. The Hall–Kier alpha value is -2.79. The predicted molar refractivity (Wildman–Crippen MR) is 116 cm³/mol. The minimum atomic E-state index is -0.130. The number of carbonyl (C=O) groups is 2. The topological polar surface area (TPSA) is 49.4 Å². The largest absolute Gasteiger partial charge is 0.354 e. The maximum Gasteiger partial charge on any atom is 0.259 e. The first-order valence-corrected chi connectivity index (χ1v) is 10.5. The number of amides is 2. The Morgan fingerprint density at radius 1 is 1.04 bits per heavy atom. The second kappa shape index (κ2) is 8.07. The highest BCUT2D eigenvalue weighted by Crippen LogP contribution is 2.36. The van der Waals surface area contributed by atoms with Gasteiger partial charge in [-0.25, -0.2) is 0 Å². The van der Waals surface area contributed by atoms with E-state index in [1.807, 2.05) is 42.5 Å². The van der Waals surface area contributed by atoms with Crippen LogP contribution in [0.4, 0.5) is 5.69 Å². The minimum Gasteiger partial charge on any atom is -0.354 e. The maximum absolute atomic E-state index is 12.7. The van der Waals surface area contributed by atoms with E-state index in [2.05, 4.69) is 30.4 Å². The van der Waals surface area contributed by atoms with Crippen molar-refractivity contribution in [1.82, 2.24) is 5.32 Å². The predicted octanol–water partition coefficient (Wildman–Crippen LogP) is 4.16. The fourth-order valence-electron chi connectivity index (χ4n) is 3.55. The molecule has 2 amide bonds. The first-order valence-electron chi connectivity index (χ1n) is 9.38. The molecule has 1 aliphatic rings. The molecule has 1 aliphatic heterocycles. The average Bonchev–Trinajstić information content (AvgIpc) is 2.97. The number of aryl methyl sites for hydroxylation is 1. The molecule has 0 saturated carbocycles. The second-order valence-corrected chi connectivity index (χ2v) is 8.01. The van der Waals surface area contributed by atoms with Gasteiger partial charge in [0, 0.05) is 29.0 Å². The average molecular weight is 391 g/mol. The molecule has 0 fully saturated rings. The fourth-order valence-corrected chi connectivity index (χ4v) is 4.49. The van der Waals surface area contributed by atoms with Crippen LogP contribution in [0.25, 0.3) is 10.8 Å². The fraction of sp³-hybridized carbons (Fsp3) is 0.217. The molecule has 5 heteroatoms. The maximum atomic E-state index is 12.7. The highest BCUT2D eigenvalue weighted by molar-refractivity contribution is 7.98. The summed E-state index contributed by atoms with van der Waals surface area (Å²) in [6.45, 7) is 2.76. The molecule has 1 N–H and O–H groups in total. The van der Waals surface area contributed by atoms with E-state index >= 15 is 0 Å². The van der Waals surface area contributed by atoms with E-state index in [9.17, 15) is 9.59 Å². The van der Waals surface area contributed by atoms with Gasteiger partial charge in [0.25, 0.3) is 5.91 Å². The lowest BCUT2D eigenvalue weighted by Gasteiger charge is -2.17. The summed E-state index contributed by atoms with van der Waals surface area (Å²) in [6.07, 6.45) is 0. The molecule has 4 nitrogen and oxygen atoms in total. The van der Waals surface area contributed by atoms with Gasteiger partial charge in [-0.15, -0.1) is 0 Å². The van der Waals surface area contributed by atoms with Gasteiger partial charge >= 0.3 is 0 Å². The lowest BCUT2D eigenvalue weighted by molar-refractivity contribution is -0.119. The van der Waals surface area contributed by atoms with E-state index in [0.29, 0.717) is 12.1 Å². The van der Waals surface area contributed by atoms with Crippen molar-refractivity contribution in [2.24, 2.45) is 0 Å². The molecule has 0 aliphatic carbocycles. The standard InChI is InChI=1S/C23H22N2O2S/c1-16-6-2-3-7-18(16)15-28-13-12-24-21(26)14-25-20-11-5-9-17-8-4-10-19(22(17)20)23(25)27/h2-11H,12-15H2,1H3,(H,24,26). The Morgan fingerprint density at radius 2 is 1.82 bits per heavy atom. The van der Waals surface area contributed by atoms with Crippen LogP contribution in [0.3, 0.4) is 0 Å². The Labute approximate surface area is 168 Å². The third-order valence-electron chi connectivity index (χ3n) is 5.04. The lowest BCUT2D eigenvalue weighted by atomic mass is 10.1. The molecule has 0 unspecified atom stereocenters. The number of anilines is 1. The zero-order valence-electron chi connectivity index (χ0n) is 15.8. The number of hydrogen-bond donors (Lipinski definition) is 1. The molecule has 0 atom stereocenters. The second-order valence-electron chi connectivity index (χ2n) is 6.90. The van der Waals surface area contributed by atoms with Crippen molar-refractivity contribution in [2.45, 2.75) is 12.7 Å². The molecule has 0 saturated heterocycles. The van der Waals surface area contributed by atoms with Crippen LogP contribution in [0.1, 0.15) is 21.5 Å². The Balaban J connectivity index is 1.30. The van der Waals surface area contributed by atoms with Gasteiger partial charge in [-0.05, 0) is 35.6 Å². The smallest absolute Gasteiger partial charge is 0.259 e. The van der Waals surface area contributed by atoms with Crippen LogP contribution < -0.4 is 10.2 Å². The molecule has 0 aromatic heterocycles. The van der Waals surface area contributed by atoms with Crippen LogP contribution in [0.5, 0.6) is 0 Å². The molecule has 4 rings (SSSR count). The summed E-state index contributed by atoms with van der Waals surface area (Å²) in [5.74, 6) is 1.54. The number of thioether (sulfide) groups is 1. The van der Waals surface area contributed by atoms with E-state index in [1.54, 1.807) is 16.7 Å². The summed E-state index contributed by atoms with van der Waals surface area (Å²) < 4.78 is 0. The summed E-state index contributed by atoms with van der Waals surface area (Å²) >= 11 is 1.80. The van der Waals surface area contributed by atoms with Crippen LogP contribution in [0, 0.1) is 6.92 Å². The first-order chi connectivity index (χ1) is 13.6. The van der Waals surface area contributed by atoms with Gasteiger partial charge in [-0.1, -0.05) is 48.5 Å². The highest BCUT2D eigenvalue weighted by Gasteiger charge is 2.30. The first kappa shape index (κ1) is 18.6. The normalized spacial score (nSPS) is 12.6. The zero-order chi connectivity index (χ0) is 19.5. The summed E-state index contributed by atoms with van der Waals surface area (Å²) in [6, 6.07) is 19.9. The van der Waals surface area contributed by atoms with Gasteiger partial charge in [0.2, 0.25) is 5.91 Å². The molecule has 0 spiro atoms. The molecule has 0 bridgehead atoms. The third kappa shape index (κ3) is 3.62. The van der Waals surface area contributed by atoms with E-state index in [0.717, 1.165) is 28.0 Å². The number of nitrogens with one attached hydrogen (secondary N) is 1. The van der Waals surface area contributed by atoms with E-state index in [4.69, 9.17) is 0 Å². The van der Waals surface area contributed by atoms with Gasteiger partial charge in [-0.3, -0.25) is 14.5 Å². The van der Waals surface area contributed by atoms with Crippen LogP contribution in [-0.2, 0) is 10.5 Å². The summed E-state index contributed by atoms with van der Waals surface area (Å²) in [7, 11) is 0. The zero-order valence-corrected chi connectivity index (χ0v) is 16.6. The van der Waals surface area contributed by atoms with Crippen molar-refractivity contribution < 1.29 is 9.59 Å². The van der Waals surface area contributed by atoms with E-state index in [1.165, 1.54) is 11.1 Å².